The van der Waals surface area contributed by atoms with Gasteiger partial charge in [-0.15, -0.1) is 0 Å². The van der Waals surface area contributed by atoms with Crippen molar-refractivity contribution in [2.45, 2.75) is 20.4 Å². The maximum atomic E-state index is 12.8. The zero-order chi connectivity index (χ0) is 20.8. The molecule has 6 nitrogen and oxygen atoms in total. The number of aromatic nitrogens is 1. The summed E-state index contributed by atoms with van der Waals surface area (Å²) in [5.74, 6) is -0.0348. The van der Waals surface area contributed by atoms with E-state index >= 15 is 0 Å². The van der Waals surface area contributed by atoms with E-state index in [1.165, 1.54) is 0 Å². The zero-order valence-corrected chi connectivity index (χ0v) is 16.8. The highest BCUT2D eigenvalue weighted by atomic mass is 16.5. The van der Waals surface area contributed by atoms with Gasteiger partial charge >= 0.3 is 5.97 Å². The molecular weight excluding hydrogens is 368 g/mol. The minimum absolute atomic E-state index is 0.0491. The summed E-state index contributed by atoms with van der Waals surface area (Å²) in [6.45, 7) is 3.92. The lowest BCUT2D eigenvalue weighted by Crippen LogP contribution is -2.20. The van der Waals surface area contributed by atoms with Gasteiger partial charge in [-0.25, -0.2) is 4.79 Å². The van der Waals surface area contributed by atoms with Crippen LogP contribution in [-0.2, 0) is 16.1 Å². The van der Waals surface area contributed by atoms with Gasteiger partial charge in [-0.05, 0) is 37.6 Å². The molecule has 1 heterocycles. The molecule has 0 radical (unpaired) electrons. The van der Waals surface area contributed by atoms with Crippen molar-refractivity contribution in [2.24, 2.45) is 0 Å². The lowest BCUT2D eigenvalue weighted by atomic mass is 10.1. The van der Waals surface area contributed by atoms with E-state index in [0.29, 0.717) is 29.3 Å². The van der Waals surface area contributed by atoms with Crippen LogP contribution >= 0.6 is 0 Å². The lowest BCUT2D eigenvalue weighted by molar-refractivity contribution is -0.116. The summed E-state index contributed by atoms with van der Waals surface area (Å²) in [6, 6.07) is 18.6. The summed E-state index contributed by atoms with van der Waals surface area (Å²) < 4.78 is 12.3. The van der Waals surface area contributed by atoms with Gasteiger partial charge in [0.15, 0.2) is 0 Å². The topological polar surface area (TPSA) is 69.6 Å². The van der Waals surface area contributed by atoms with E-state index in [2.05, 4.69) is 5.32 Å². The number of amides is 1. The van der Waals surface area contributed by atoms with Crippen molar-refractivity contribution in [3.63, 3.8) is 0 Å². The average molecular weight is 392 g/mol. The number of carbonyl (C=O) groups is 2. The van der Waals surface area contributed by atoms with Crippen LogP contribution < -0.4 is 10.1 Å². The van der Waals surface area contributed by atoms with Gasteiger partial charge in [-0.1, -0.05) is 42.5 Å². The molecule has 0 fully saturated rings. The third-order valence-corrected chi connectivity index (χ3v) is 4.61. The molecule has 0 aliphatic carbocycles. The Hall–Kier alpha value is -3.54. The van der Waals surface area contributed by atoms with Crippen molar-refractivity contribution in [3.05, 3.63) is 71.9 Å². The van der Waals surface area contributed by atoms with Crippen LogP contribution in [0.5, 0.6) is 5.75 Å². The second-order valence-corrected chi connectivity index (χ2v) is 6.45. The number of methoxy groups -OCH3 is 1. The summed E-state index contributed by atoms with van der Waals surface area (Å²) in [5, 5.41) is 2.88. The number of para-hydroxylation sites is 2. The summed E-state index contributed by atoms with van der Waals surface area (Å²) in [5.41, 5.74) is 3.42. The highest BCUT2D eigenvalue weighted by Crippen LogP contribution is 2.27. The molecule has 0 aliphatic heterocycles. The Labute approximate surface area is 170 Å². The molecule has 0 spiro atoms. The van der Waals surface area contributed by atoms with Crippen molar-refractivity contribution in [2.75, 3.05) is 19.0 Å². The van der Waals surface area contributed by atoms with E-state index in [-0.39, 0.29) is 12.5 Å². The van der Waals surface area contributed by atoms with Crippen molar-refractivity contribution in [1.29, 1.82) is 0 Å². The van der Waals surface area contributed by atoms with E-state index in [1.807, 2.05) is 54.0 Å². The van der Waals surface area contributed by atoms with Gasteiger partial charge < -0.3 is 19.4 Å². The standard InChI is InChI=1S/C23H24N2O4/c1-4-29-23(27)18-14-20(17-10-6-5-7-11-17)25(16(18)2)15-22(26)24-19-12-8-9-13-21(19)28-3/h5-14H,4,15H2,1-3H3,(H,24,26). The van der Waals surface area contributed by atoms with Crippen LogP contribution in [0.2, 0.25) is 0 Å². The molecule has 6 heteroatoms. The zero-order valence-electron chi connectivity index (χ0n) is 16.8. The average Bonchev–Trinajstić information content (AvgIpc) is 3.05. The highest BCUT2D eigenvalue weighted by Gasteiger charge is 2.21. The number of esters is 1. The first-order valence-electron chi connectivity index (χ1n) is 9.40. The Bertz CT molecular complexity index is 1010. The SMILES string of the molecule is CCOC(=O)c1cc(-c2ccccc2)n(CC(=O)Nc2ccccc2OC)c1C. The van der Waals surface area contributed by atoms with Gasteiger partial charge in [-0.2, -0.15) is 0 Å². The third-order valence-electron chi connectivity index (χ3n) is 4.61. The Kier molecular flexibility index (Phi) is 6.34. The maximum absolute atomic E-state index is 12.8. The number of rotatable bonds is 7. The first-order valence-corrected chi connectivity index (χ1v) is 9.40. The predicted molar refractivity (Wildman–Crippen MR) is 112 cm³/mol. The second-order valence-electron chi connectivity index (χ2n) is 6.45. The normalized spacial score (nSPS) is 10.4. The Balaban J connectivity index is 1.94. The fourth-order valence-corrected chi connectivity index (χ4v) is 3.19. The molecule has 1 aromatic heterocycles. The van der Waals surface area contributed by atoms with Crippen molar-refractivity contribution < 1.29 is 19.1 Å². The van der Waals surface area contributed by atoms with Crippen molar-refractivity contribution in [3.8, 4) is 17.0 Å². The lowest BCUT2D eigenvalue weighted by Gasteiger charge is -2.14. The molecule has 0 bridgehead atoms. The minimum atomic E-state index is -0.397. The summed E-state index contributed by atoms with van der Waals surface area (Å²) in [6.07, 6.45) is 0. The smallest absolute Gasteiger partial charge is 0.339 e. The molecule has 1 N–H and O–H groups in total. The fraction of sp³-hybridized carbons (Fsp3) is 0.217. The summed E-state index contributed by atoms with van der Waals surface area (Å²) >= 11 is 0. The number of nitrogens with zero attached hydrogens (tertiary/aromatic N) is 1. The maximum Gasteiger partial charge on any atom is 0.339 e. The number of anilines is 1. The summed E-state index contributed by atoms with van der Waals surface area (Å²) in [4.78, 5) is 25.2. The molecule has 0 atom stereocenters. The first kappa shape index (κ1) is 20.2. The van der Waals surface area contributed by atoms with Crippen LogP contribution in [0, 0.1) is 6.92 Å². The quantitative estimate of drug-likeness (QED) is 0.609. The second kappa shape index (κ2) is 9.10. The van der Waals surface area contributed by atoms with Gasteiger partial charge in [0, 0.05) is 11.4 Å². The Morgan fingerprint density at radius 2 is 1.72 bits per heavy atom. The van der Waals surface area contributed by atoms with Crippen LogP contribution in [0.1, 0.15) is 23.0 Å². The number of ether oxygens (including phenoxy) is 2. The largest absolute Gasteiger partial charge is 0.495 e. The van der Waals surface area contributed by atoms with Gasteiger partial charge in [0.25, 0.3) is 0 Å². The molecule has 1 amide bonds. The highest BCUT2D eigenvalue weighted by molar-refractivity contribution is 5.95. The molecule has 150 valence electrons. The molecular formula is C23H24N2O4. The molecule has 2 aromatic carbocycles. The summed E-state index contributed by atoms with van der Waals surface area (Å²) in [7, 11) is 1.56. The van der Waals surface area contributed by atoms with Gasteiger partial charge in [-0.3, -0.25) is 4.79 Å². The van der Waals surface area contributed by atoms with Gasteiger partial charge in [0.2, 0.25) is 5.91 Å². The number of carbonyl (C=O) groups excluding carboxylic acids is 2. The van der Waals surface area contributed by atoms with Crippen molar-refractivity contribution >= 4 is 17.6 Å². The van der Waals surface area contributed by atoms with Gasteiger partial charge in [0.05, 0.1) is 25.0 Å². The number of hydrogen-bond donors (Lipinski definition) is 1. The first-order chi connectivity index (χ1) is 14.0. The fourth-order valence-electron chi connectivity index (χ4n) is 3.19. The number of nitrogens with one attached hydrogen (secondary N) is 1. The molecule has 29 heavy (non-hydrogen) atoms. The van der Waals surface area contributed by atoms with Crippen LogP contribution in [0.25, 0.3) is 11.3 Å². The third kappa shape index (κ3) is 4.48. The molecule has 0 aliphatic rings. The minimum Gasteiger partial charge on any atom is -0.495 e. The van der Waals surface area contributed by atoms with Crippen LogP contribution in [-0.4, -0.2) is 30.2 Å². The molecule has 0 unspecified atom stereocenters. The van der Waals surface area contributed by atoms with E-state index < -0.39 is 5.97 Å². The monoisotopic (exact) mass is 392 g/mol. The van der Waals surface area contributed by atoms with E-state index in [4.69, 9.17) is 9.47 Å². The van der Waals surface area contributed by atoms with E-state index in [1.54, 1.807) is 32.2 Å². The molecule has 0 saturated heterocycles. The predicted octanol–water partition coefficient (Wildman–Crippen LogP) is 4.29. The molecule has 0 saturated carbocycles. The number of hydrogen-bond acceptors (Lipinski definition) is 4. The van der Waals surface area contributed by atoms with Crippen molar-refractivity contribution in [1.82, 2.24) is 4.57 Å². The van der Waals surface area contributed by atoms with Crippen LogP contribution in [0.15, 0.2) is 60.7 Å². The van der Waals surface area contributed by atoms with E-state index in [0.717, 1.165) is 11.3 Å². The Morgan fingerprint density at radius 1 is 1.03 bits per heavy atom. The number of benzene rings is 2. The van der Waals surface area contributed by atoms with Crippen LogP contribution in [0.3, 0.4) is 0 Å². The van der Waals surface area contributed by atoms with Gasteiger partial charge in [0.1, 0.15) is 12.3 Å². The van der Waals surface area contributed by atoms with E-state index in [9.17, 15) is 9.59 Å². The Morgan fingerprint density at radius 3 is 2.41 bits per heavy atom. The van der Waals surface area contributed by atoms with Crippen LogP contribution in [0.4, 0.5) is 5.69 Å². The molecule has 3 aromatic rings. The molecule has 3 rings (SSSR count).